The van der Waals surface area contributed by atoms with Gasteiger partial charge in [-0.15, -0.1) is 0 Å². The summed E-state index contributed by atoms with van der Waals surface area (Å²) in [4.78, 5) is 25.0. The average molecular weight is 272 g/mol. The molecular weight excluding hydrogens is 248 g/mol. The van der Waals surface area contributed by atoms with E-state index in [-0.39, 0.29) is 12.1 Å². The van der Waals surface area contributed by atoms with Gasteiger partial charge in [-0.1, -0.05) is 13.3 Å². The molecule has 2 unspecified atom stereocenters. The van der Waals surface area contributed by atoms with E-state index >= 15 is 0 Å². The molecule has 1 rings (SSSR count). The highest BCUT2D eigenvalue weighted by molar-refractivity contribution is 5.79. The highest BCUT2D eigenvalue weighted by atomic mass is 16.5. The molecule has 6 nitrogen and oxygen atoms in total. The second-order valence-electron chi connectivity index (χ2n) is 5.31. The van der Waals surface area contributed by atoms with E-state index in [1.165, 1.54) is 0 Å². The number of hydrogen-bond acceptors (Lipinski definition) is 3. The number of likely N-dealkylation sites (tertiary alicyclic amines) is 1. The van der Waals surface area contributed by atoms with E-state index < -0.39 is 11.4 Å². The van der Waals surface area contributed by atoms with Gasteiger partial charge in [0.1, 0.15) is 0 Å². The number of methoxy groups -OCH3 is 1. The molecule has 0 aromatic carbocycles. The molecule has 1 fully saturated rings. The van der Waals surface area contributed by atoms with Crippen molar-refractivity contribution < 1.29 is 19.4 Å². The number of aliphatic carboxylic acids is 1. The van der Waals surface area contributed by atoms with Crippen LogP contribution in [-0.2, 0) is 9.53 Å². The van der Waals surface area contributed by atoms with Crippen molar-refractivity contribution in [2.75, 3.05) is 26.8 Å². The highest BCUT2D eigenvalue weighted by Gasteiger charge is 2.45. The van der Waals surface area contributed by atoms with Crippen LogP contribution in [0.5, 0.6) is 0 Å². The lowest BCUT2D eigenvalue weighted by molar-refractivity contribution is -0.148. The maximum atomic E-state index is 12.0. The van der Waals surface area contributed by atoms with Crippen molar-refractivity contribution in [3.05, 3.63) is 0 Å². The molecule has 0 bridgehead atoms. The summed E-state index contributed by atoms with van der Waals surface area (Å²) in [5.41, 5.74) is -0.767. The van der Waals surface area contributed by atoms with Gasteiger partial charge in [-0.2, -0.15) is 0 Å². The Bertz CT molecular complexity index is 335. The zero-order valence-electron chi connectivity index (χ0n) is 11.9. The number of carboxylic acid groups (broad SMARTS) is 1. The van der Waals surface area contributed by atoms with Crippen molar-refractivity contribution in [3.63, 3.8) is 0 Å². The van der Waals surface area contributed by atoms with Crippen LogP contribution in [0.1, 0.15) is 33.1 Å². The van der Waals surface area contributed by atoms with Crippen LogP contribution in [-0.4, -0.2) is 54.9 Å². The second-order valence-corrected chi connectivity index (χ2v) is 5.31. The van der Waals surface area contributed by atoms with Crippen molar-refractivity contribution in [2.45, 2.75) is 39.2 Å². The summed E-state index contributed by atoms with van der Waals surface area (Å²) in [5.74, 6) is -0.797. The first-order valence-electron chi connectivity index (χ1n) is 6.73. The molecule has 110 valence electrons. The van der Waals surface area contributed by atoms with Gasteiger partial charge in [-0.05, 0) is 19.8 Å². The molecule has 0 spiro atoms. The Kier molecular flexibility index (Phi) is 5.60. The Morgan fingerprint density at radius 2 is 2.21 bits per heavy atom. The Balaban J connectivity index is 2.59. The Hall–Kier alpha value is -1.30. The number of urea groups is 1. The second kappa shape index (κ2) is 6.75. The lowest BCUT2D eigenvalue weighted by Crippen LogP contribution is -2.45. The SMILES string of the molecule is CCCC1(C(=O)O)CCN(C(=O)NC(C)COC)C1. The third-order valence-corrected chi connectivity index (χ3v) is 3.61. The monoisotopic (exact) mass is 272 g/mol. The van der Waals surface area contributed by atoms with Gasteiger partial charge in [0.25, 0.3) is 0 Å². The molecule has 19 heavy (non-hydrogen) atoms. The Morgan fingerprint density at radius 3 is 2.74 bits per heavy atom. The fourth-order valence-electron chi connectivity index (χ4n) is 2.60. The van der Waals surface area contributed by atoms with Gasteiger partial charge in [0.15, 0.2) is 0 Å². The molecule has 0 aliphatic carbocycles. The number of amides is 2. The van der Waals surface area contributed by atoms with Gasteiger partial charge in [-0.3, -0.25) is 4.79 Å². The van der Waals surface area contributed by atoms with Crippen molar-refractivity contribution in [2.24, 2.45) is 5.41 Å². The molecular formula is C13H24N2O4. The smallest absolute Gasteiger partial charge is 0.317 e. The van der Waals surface area contributed by atoms with Crippen molar-refractivity contribution >= 4 is 12.0 Å². The summed E-state index contributed by atoms with van der Waals surface area (Å²) in [5, 5.41) is 12.2. The molecule has 1 aliphatic rings. The van der Waals surface area contributed by atoms with Crippen LogP contribution in [0.2, 0.25) is 0 Å². The van der Waals surface area contributed by atoms with E-state index in [1.54, 1.807) is 12.0 Å². The fourth-order valence-corrected chi connectivity index (χ4v) is 2.60. The largest absolute Gasteiger partial charge is 0.481 e. The Labute approximate surface area is 114 Å². The van der Waals surface area contributed by atoms with E-state index in [0.29, 0.717) is 32.5 Å². The van der Waals surface area contributed by atoms with Crippen molar-refractivity contribution in [1.82, 2.24) is 10.2 Å². The number of carbonyl (C=O) groups excluding carboxylic acids is 1. The van der Waals surface area contributed by atoms with Gasteiger partial charge in [0.05, 0.1) is 18.1 Å². The summed E-state index contributed by atoms with van der Waals surface area (Å²) in [6.07, 6.45) is 1.95. The molecule has 1 heterocycles. The minimum Gasteiger partial charge on any atom is -0.481 e. The van der Waals surface area contributed by atoms with Crippen molar-refractivity contribution in [1.29, 1.82) is 0 Å². The number of hydrogen-bond donors (Lipinski definition) is 2. The first kappa shape index (κ1) is 15.8. The zero-order valence-corrected chi connectivity index (χ0v) is 11.9. The lowest BCUT2D eigenvalue weighted by Gasteiger charge is -2.25. The van der Waals surface area contributed by atoms with Crippen LogP contribution in [0, 0.1) is 5.41 Å². The molecule has 2 N–H and O–H groups in total. The van der Waals surface area contributed by atoms with E-state index in [0.717, 1.165) is 6.42 Å². The van der Waals surface area contributed by atoms with E-state index in [4.69, 9.17) is 4.74 Å². The standard InChI is InChI=1S/C13H24N2O4/c1-4-5-13(11(16)17)6-7-15(9-13)12(18)14-10(2)8-19-3/h10H,4-9H2,1-3H3,(H,14,18)(H,16,17). The van der Waals surface area contributed by atoms with Crippen molar-refractivity contribution in [3.8, 4) is 0 Å². The van der Waals surface area contributed by atoms with Gasteiger partial charge in [0, 0.05) is 20.2 Å². The van der Waals surface area contributed by atoms with E-state index in [2.05, 4.69) is 5.32 Å². The zero-order chi connectivity index (χ0) is 14.5. The van der Waals surface area contributed by atoms with Crippen LogP contribution in [0.3, 0.4) is 0 Å². The number of carboxylic acids is 1. The molecule has 0 radical (unpaired) electrons. The van der Waals surface area contributed by atoms with Crippen LogP contribution in [0.4, 0.5) is 4.79 Å². The highest BCUT2D eigenvalue weighted by Crippen LogP contribution is 2.35. The maximum Gasteiger partial charge on any atom is 0.317 e. The molecule has 2 amide bonds. The average Bonchev–Trinajstić information content (AvgIpc) is 2.75. The number of nitrogens with zero attached hydrogens (tertiary/aromatic N) is 1. The molecule has 0 saturated carbocycles. The first-order valence-corrected chi connectivity index (χ1v) is 6.73. The van der Waals surface area contributed by atoms with E-state index in [9.17, 15) is 14.7 Å². The Morgan fingerprint density at radius 1 is 1.53 bits per heavy atom. The van der Waals surface area contributed by atoms with Gasteiger partial charge in [0.2, 0.25) is 0 Å². The molecule has 0 aromatic heterocycles. The third-order valence-electron chi connectivity index (χ3n) is 3.61. The predicted octanol–water partition coefficient (Wildman–Crippen LogP) is 1.31. The summed E-state index contributed by atoms with van der Waals surface area (Å²) in [6, 6.07) is -0.285. The van der Waals surface area contributed by atoms with Crippen LogP contribution < -0.4 is 5.32 Å². The lowest BCUT2D eigenvalue weighted by atomic mass is 9.83. The van der Waals surface area contributed by atoms with Crippen LogP contribution in [0.25, 0.3) is 0 Å². The number of ether oxygens (including phenoxy) is 1. The normalized spacial score (nSPS) is 24.3. The molecule has 1 saturated heterocycles. The summed E-state index contributed by atoms with van der Waals surface area (Å²) in [7, 11) is 1.58. The quantitative estimate of drug-likeness (QED) is 0.764. The van der Waals surface area contributed by atoms with Crippen LogP contribution >= 0.6 is 0 Å². The molecule has 0 aromatic rings. The van der Waals surface area contributed by atoms with E-state index in [1.807, 2.05) is 13.8 Å². The third kappa shape index (κ3) is 3.83. The van der Waals surface area contributed by atoms with Gasteiger partial charge >= 0.3 is 12.0 Å². The number of carbonyl (C=O) groups is 2. The van der Waals surface area contributed by atoms with Gasteiger partial charge in [-0.25, -0.2) is 4.79 Å². The first-order chi connectivity index (χ1) is 8.95. The van der Waals surface area contributed by atoms with Crippen LogP contribution in [0.15, 0.2) is 0 Å². The minimum atomic E-state index is -0.797. The minimum absolute atomic E-state index is 0.0801. The predicted molar refractivity (Wildman–Crippen MR) is 71.0 cm³/mol. The molecule has 1 aliphatic heterocycles. The number of nitrogens with one attached hydrogen (secondary N) is 1. The topological polar surface area (TPSA) is 78.9 Å². The summed E-state index contributed by atoms with van der Waals surface area (Å²) in [6.45, 7) is 5.06. The van der Waals surface area contributed by atoms with Gasteiger partial charge < -0.3 is 20.1 Å². The maximum absolute atomic E-state index is 12.0. The summed E-state index contributed by atoms with van der Waals surface area (Å²) >= 11 is 0. The molecule has 6 heteroatoms. The summed E-state index contributed by atoms with van der Waals surface area (Å²) < 4.78 is 4.96. The fraction of sp³-hybridized carbons (Fsp3) is 0.846. The number of rotatable bonds is 6. The molecule has 2 atom stereocenters.